The fraction of sp³-hybridized carbons (Fsp3) is 0.600. The van der Waals surface area contributed by atoms with Crippen molar-refractivity contribution in [3.8, 4) is 0 Å². The Morgan fingerprint density at radius 1 is 0.857 bits per heavy atom. The molecule has 0 bridgehead atoms. The highest BCUT2D eigenvalue weighted by Gasteiger charge is 2.22. The van der Waals surface area contributed by atoms with E-state index in [4.69, 9.17) is 0 Å². The molecule has 0 aliphatic carbocycles. The zero-order chi connectivity index (χ0) is 16.5. The Labute approximate surface area is 132 Å². The van der Waals surface area contributed by atoms with Crippen LogP contribution in [0, 0.1) is 5.41 Å². The lowest BCUT2D eigenvalue weighted by Gasteiger charge is -2.30. The smallest absolute Gasteiger partial charge is 0.0340 e. The Hall–Kier alpha value is -1.24. The monoisotopic (exact) mass is 289 g/mol. The molecule has 0 spiro atoms. The second kappa shape index (κ2) is 8.92. The zero-order valence-electron chi connectivity index (χ0n) is 15.1. The maximum atomic E-state index is 3.99. The average Bonchev–Trinajstić information content (AvgIpc) is 2.53. The molecule has 0 amide bonds. The van der Waals surface area contributed by atoms with Crippen molar-refractivity contribution in [2.24, 2.45) is 5.41 Å². The van der Waals surface area contributed by atoms with Gasteiger partial charge >= 0.3 is 0 Å². The molecule has 1 nitrogen and oxygen atoms in total. The molecule has 0 aromatic rings. The SMILES string of the molecule is C=C/C(=C\C=C(/C=C)C(C)(CC)CC)NC(C)(CC)CC. The molecule has 0 aliphatic rings. The van der Waals surface area contributed by atoms with Gasteiger partial charge in [0.15, 0.2) is 0 Å². The van der Waals surface area contributed by atoms with Crippen LogP contribution in [-0.4, -0.2) is 5.54 Å². The van der Waals surface area contributed by atoms with Crippen molar-refractivity contribution in [3.05, 3.63) is 48.7 Å². The summed E-state index contributed by atoms with van der Waals surface area (Å²) in [4.78, 5) is 0. The van der Waals surface area contributed by atoms with Crippen LogP contribution in [-0.2, 0) is 0 Å². The summed E-state index contributed by atoms with van der Waals surface area (Å²) in [6.45, 7) is 21.4. The first kappa shape index (κ1) is 19.8. The van der Waals surface area contributed by atoms with Crippen molar-refractivity contribution in [2.45, 2.75) is 72.8 Å². The predicted molar refractivity (Wildman–Crippen MR) is 97.4 cm³/mol. The van der Waals surface area contributed by atoms with E-state index in [2.05, 4.69) is 72.2 Å². The standard InChI is InChI=1S/C20H35N/c1-9-17(19(7,11-3)12-4)15-16-18(10-2)21-20(8,13-5)14-6/h9-10,15-16,21H,1-2,11-14H2,3-8H3/b17-15+,18-16+. The molecule has 0 radical (unpaired) electrons. The number of hydrogen-bond donors (Lipinski definition) is 1. The van der Waals surface area contributed by atoms with Gasteiger partial charge in [0.25, 0.3) is 0 Å². The number of nitrogens with one attached hydrogen (secondary N) is 1. The van der Waals surface area contributed by atoms with Gasteiger partial charge in [-0.15, -0.1) is 0 Å². The molecule has 0 atom stereocenters. The summed E-state index contributed by atoms with van der Waals surface area (Å²) in [7, 11) is 0. The third-order valence-electron chi connectivity index (χ3n) is 5.15. The highest BCUT2D eigenvalue weighted by Crippen LogP contribution is 2.35. The largest absolute Gasteiger partial charge is 0.380 e. The van der Waals surface area contributed by atoms with E-state index in [0.29, 0.717) is 0 Å². The van der Waals surface area contributed by atoms with Crippen molar-refractivity contribution >= 4 is 0 Å². The van der Waals surface area contributed by atoms with Gasteiger partial charge in [-0.2, -0.15) is 0 Å². The van der Waals surface area contributed by atoms with Crippen LogP contribution in [0.2, 0.25) is 0 Å². The summed E-state index contributed by atoms with van der Waals surface area (Å²) < 4.78 is 0. The van der Waals surface area contributed by atoms with E-state index in [-0.39, 0.29) is 11.0 Å². The molecule has 0 unspecified atom stereocenters. The van der Waals surface area contributed by atoms with Crippen LogP contribution in [0.25, 0.3) is 0 Å². The van der Waals surface area contributed by atoms with Crippen LogP contribution >= 0.6 is 0 Å². The highest BCUT2D eigenvalue weighted by molar-refractivity contribution is 5.32. The molecular weight excluding hydrogens is 254 g/mol. The first-order chi connectivity index (χ1) is 9.84. The molecule has 0 rings (SSSR count). The Kier molecular flexibility index (Phi) is 8.39. The summed E-state index contributed by atoms with van der Waals surface area (Å²) in [6.07, 6.45) is 12.6. The quantitative estimate of drug-likeness (QED) is 0.475. The summed E-state index contributed by atoms with van der Waals surface area (Å²) in [6, 6.07) is 0. The van der Waals surface area contributed by atoms with Crippen molar-refractivity contribution < 1.29 is 0 Å². The Morgan fingerprint density at radius 2 is 1.38 bits per heavy atom. The van der Waals surface area contributed by atoms with Crippen LogP contribution in [0.15, 0.2) is 48.7 Å². The van der Waals surface area contributed by atoms with Crippen molar-refractivity contribution in [1.29, 1.82) is 0 Å². The first-order valence-corrected chi connectivity index (χ1v) is 8.30. The molecule has 1 heteroatoms. The number of allylic oxidation sites excluding steroid dienone is 5. The van der Waals surface area contributed by atoms with Gasteiger partial charge < -0.3 is 5.32 Å². The Balaban J connectivity index is 5.37. The molecule has 0 aromatic carbocycles. The maximum Gasteiger partial charge on any atom is 0.0340 e. The van der Waals surface area contributed by atoms with Gasteiger partial charge in [0.2, 0.25) is 0 Å². The zero-order valence-corrected chi connectivity index (χ0v) is 15.1. The van der Waals surface area contributed by atoms with E-state index in [1.165, 1.54) is 5.57 Å². The van der Waals surface area contributed by atoms with E-state index in [9.17, 15) is 0 Å². The minimum atomic E-state index is 0.126. The summed E-state index contributed by atoms with van der Waals surface area (Å²) in [5, 5.41) is 3.61. The number of hydrogen-bond acceptors (Lipinski definition) is 1. The first-order valence-electron chi connectivity index (χ1n) is 8.30. The Bertz CT molecular complexity index is 390. The second-order valence-corrected chi connectivity index (χ2v) is 6.31. The van der Waals surface area contributed by atoms with Crippen molar-refractivity contribution in [3.63, 3.8) is 0 Å². The lowest BCUT2D eigenvalue weighted by Crippen LogP contribution is -2.39. The number of rotatable bonds is 10. The maximum absolute atomic E-state index is 3.99. The van der Waals surface area contributed by atoms with Crippen molar-refractivity contribution in [1.82, 2.24) is 5.32 Å². The third kappa shape index (κ3) is 5.57. The minimum Gasteiger partial charge on any atom is -0.380 e. The van der Waals surface area contributed by atoms with E-state index in [0.717, 1.165) is 31.4 Å². The molecule has 0 saturated carbocycles. The van der Waals surface area contributed by atoms with Gasteiger partial charge in [-0.1, -0.05) is 59.9 Å². The molecule has 120 valence electrons. The molecule has 21 heavy (non-hydrogen) atoms. The second-order valence-electron chi connectivity index (χ2n) is 6.31. The molecule has 0 saturated heterocycles. The fourth-order valence-corrected chi connectivity index (χ4v) is 2.29. The van der Waals surface area contributed by atoms with Crippen LogP contribution in [0.1, 0.15) is 67.2 Å². The van der Waals surface area contributed by atoms with E-state index < -0.39 is 0 Å². The molecule has 0 heterocycles. The van der Waals surface area contributed by atoms with Crippen LogP contribution in [0.4, 0.5) is 0 Å². The van der Waals surface area contributed by atoms with E-state index in [1.807, 2.05) is 12.2 Å². The third-order valence-corrected chi connectivity index (χ3v) is 5.15. The summed E-state index contributed by atoms with van der Waals surface area (Å²) in [5.74, 6) is 0. The molecule has 0 fully saturated rings. The van der Waals surface area contributed by atoms with Crippen LogP contribution in [0.5, 0.6) is 0 Å². The lowest BCUT2D eigenvalue weighted by molar-refractivity contribution is 0.366. The predicted octanol–water partition coefficient (Wildman–Crippen LogP) is 6.16. The van der Waals surface area contributed by atoms with Gasteiger partial charge in [0.05, 0.1) is 0 Å². The van der Waals surface area contributed by atoms with Gasteiger partial charge in [0.1, 0.15) is 0 Å². The normalized spacial score (nSPS) is 14.0. The van der Waals surface area contributed by atoms with Gasteiger partial charge in [-0.3, -0.25) is 0 Å². The van der Waals surface area contributed by atoms with Crippen LogP contribution < -0.4 is 5.32 Å². The lowest BCUT2D eigenvalue weighted by atomic mass is 9.77. The minimum absolute atomic E-state index is 0.126. The van der Waals surface area contributed by atoms with Crippen molar-refractivity contribution in [2.75, 3.05) is 0 Å². The van der Waals surface area contributed by atoms with Gasteiger partial charge in [0, 0.05) is 11.2 Å². The molecule has 0 aromatic heterocycles. The molecule has 0 aliphatic heterocycles. The van der Waals surface area contributed by atoms with E-state index in [1.54, 1.807) is 0 Å². The fourth-order valence-electron chi connectivity index (χ4n) is 2.29. The van der Waals surface area contributed by atoms with Gasteiger partial charge in [-0.25, -0.2) is 0 Å². The van der Waals surface area contributed by atoms with E-state index >= 15 is 0 Å². The van der Waals surface area contributed by atoms with Gasteiger partial charge in [-0.05, 0) is 55.7 Å². The Morgan fingerprint density at radius 3 is 1.71 bits per heavy atom. The van der Waals surface area contributed by atoms with Crippen LogP contribution in [0.3, 0.4) is 0 Å². The average molecular weight is 290 g/mol. The summed E-state index contributed by atoms with van der Waals surface area (Å²) >= 11 is 0. The highest BCUT2D eigenvalue weighted by atomic mass is 15.0. The topological polar surface area (TPSA) is 12.0 Å². The summed E-state index contributed by atoms with van der Waals surface area (Å²) in [5.41, 5.74) is 2.70. The molecular formula is C20H35N. The molecule has 1 N–H and O–H groups in total.